The fourth-order valence-corrected chi connectivity index (χ4v) is 3.19. The number of carbonyl (C=O) groups is 5. The number of methoxy groups -OCH3 is 1. The lowest BCUT2D eigenvalue weighted by Gasteiger charge is -2.14. The van der Waals surface area contributed by atoms with E-state index < -0.39 is 23.8 Å². The van der Waals surface area contributed by atoms with Crippen molar-refractivity contribution in [3.05, 3.63) is 46.3 Å². The van der Waals surface area contributed by atoms with E-state index in [4.69, 9.17) is 9.47 Å². The van der Waals surface area contributed by atoms with E-state index in [9.17, 15) is 24.0 Å². The van der Waals surface area contributed by atoms with Gasteiger partial charge in [-0.05, 0) is 44.5 Å². The van der Waals surface area contributed by atoms with Gasteiger partial charge in [-0.1, -0.05) is 0 Å². The van der Waals surface area contributed by atoms with Crippen LogP contribution in [0.25, 0.3) is 0 Å². The number of aromatic nitrogens is 1. The van der Waals surface area contributed by atoms with Gasteiger partial charge in [0, 0.05) is 30.9 Å². The van der Waals surface area contributed by atoms with E-state index in [-0.39, 0.29) is 40.0 Å². The molecular weight excluding hydrogens is 418 g/mol. The smallest absolute Gasteiger partial charge is 0.339 e. The van der Waals surface area contributed by atoms with Crippen LogP contribution in [-0.4, -0.2) is 47.7 Å². The molecule has 1 aromatic heterocycles. The molecule has 0 radical (unpaired) electrons. The largest absolute Gasteiger partial charge is 0.465 e. The molecule has 0 aliphatic heterocycles. The Morgan fingerprint density at radius 3 is 1.91 bits per heavy atom. The number of ether oxygens (including phenoxy) is 2. The molecule has 1 heterocycles. The van der Waals surface area contributed by atoms with Crippen molar-refractivity contribution in [3.8, 4) is 0 Å². The summed E-state index contributed by atoms with van der Waals surface area (Å²) in [7, 11) is 1.24. The second kappa shape index (κ2) is 9.90. The maximum atomic E-state index is 12.9. The van der Waals surface area contributed by atoms with Crippen LogP contribution in [0, 0.1) is 13.8 Å². The van der Waals surface area contributed by atoms with Crippen molar-refractivity contribution >= 4 is 40.9 Å². The highest BCUT2D eigenvalue weighted by molar-refractivity contribution is 6.05. The lowest BCUT2D eigenvalue weighted by atomic mass is 10.1. The number of aryl methyl sites for hydroxylation is 1. The molecule has 0 spiro atoms. The molecule has 2 amide bonds. The molecule has 3 N–H and O–H groups in total. The molecule has 10 heteroatoms. The first-order chi connectivity index (χ1) is 14.9. The molecule has 10 nitrogen and oxygen atoms in total. The fourth-order valence-electron chi connectivity index (χ4n) is 3.19. The van der Waals surface area contributed by atoms with Crippen molar-refractivity contribution in [1.29, 1.82) is 0 Å². The maximum Gasteiger partial charge on any atom is 0.339 e. The number of ketones is 1. The zero-order valence-corrected chi connectivity index (χ0v) is 18.7. The summed E-state index contributed by atoms with van der Waals surface area (Å²) in [6, 6.07) is 4.21. The molecule has 2 aromatic rings. The third-order valence-electron chi connectivity index (χ3n) is 4.54. The predicted octanol–water partition coefficient (Wildman–Crippen LogP) is 2.76. The van der Waals surface area contributed by atoms with Crippen LogP contribution in [0.2, 0.25) is 0 Å². The highest BCUT2D eigenvalue weighted by Gasteiger charge is 2.28. The molecule has 1 atom stereocenters. The predicted molar refractivity (Wildman–Crippen MR) is 116 cm³/mol. The van der Waals surface area contributed by atoms with Gasteiger partial charge in [0.1, 0.15) is 0 Å². The summed E-state index contributed by atoms with van der Waals surface area (Å²) < 4.78 is 10.0. The number of hydrogen-bond donors (Lipinski definition) is 3. The molecule has 1 unspecified atom stereocenters. The molecule has 0 saturated carbocycles. The summed E-state index contributed by atoms with van der Waals surface area (Å²) in [5, 5.41) is 5.07. The Kier molecular flexibility index (Phi) is 7.53. The van der Waals surface area contributed by atoms with E-state index in [1.807, 2.05) is 0 Å². The van der Waals surface area contributed by atoms with Gasteiger partial charge >= 0.3 is 11.9 Å². The van der Waals surface area contributed by atoms with Crippen molar-refractivity contribution in [3.63, 3.8) is 0 Å². The average molecular weight is 443 g/mol. The number of rotatable bonds is 7. The number of benzene rings is 1. The molecule has 0 bridgehead atoms. The van der Waals surface area contributed by atoms with E-state index in [1.165, 1.54) is 46.1 Å². The zero-order chi connectivity index (χ0) is 24.2. The molecule has 2 rings (SSSR count). The molecule has 0 aliphatic rings. The van der Waals surface area contributed by atoms with Gasteiger partial charge in [0.05, 0.1) is 23.9 Å². The third kappa shape index (κ3) is 5.60. The Hall–Kier alpha value is -3.95. The number of H-pyrrole nitrogens is 1. The van der Waals surface area contributed by atoms with Crippen LogP contribution < -0.4 is 10.6 Å². The molecule has 0 saturated heterocycles. The SMILES string of the molecule is COC(=O)c1c(C)[nH]c(C(=O)C(C)OC(=O)c2cc(NC(C)=O)cc(NC(C)=O)c2)c1C. The minimum atomic E-state index is -1.18. The minimum absolute atomic E-state index is 0.0225. The van der Waals surface area contributed by atoms with Crippen molar-refractivity contribution < 1.29 is 33.4 Å². The first kappa shape index (κ1) is 24.3. The minimum Gasteiger partial charge on any atom is -0.465 e. The highest BCUT2D eigenvalue weighted by atomic mass is 16.5. The van der Waals surface area contributed by atoms with Gasteiger partial charge in [-0.15, -0.1) is 0 Å². The second-order valence-corrected chi connectivity index (χ2v) is 7.19. The second-order valence-electron chi connectivity index (χ2n) is 7.19. The number of esters is 2. The summed E-state index contributed by atoms with van der Waals surface area (Å²) in [6.07, 6.45) is -1.18. The maximum absolute atomic E-state index is 12.9. The number of carbonyl (C=O) groups excluding carboxylic acids is 5. The first-order valence-electron chi connectivity index (χ1n) is 9.67. The van der Waals surface area contributed by atoms with Gasteiger partial charge in [0.2, 0.25) is 17.6 Å². The lowest BCUT2D eigenvalue weighted by Crippen LogP contribution is -2.25. The fraction of sp³-hybridized carbons (Fsp3) is 0.318. The van der Waals surface area contributed by atoms with E-state index in [0.717, 1.165) is 0 Å². The summed E-state index contributed by atoms with van der Waals surface area (Å²) in [4.78, 5) is 63.1. The number of anilines is 2. The van der Waals surface area contributed by atoms with Gasteiger partial charge in [0.15, 0.2) is 6.10 Å². The molecule has 170 valence electrons. The van der Waals surface area contributed by atoms with Gasteiger partial charge in [0.25, 0.3) is 0 Å². The van der Waals surface area contributed by atoms with Gasteiger partial charge < -0.3 is 25.1 Å². The number of amides is 2. The number of hydrogen-bond acceptors (Lipinski definition) is 7. The Bertz CT molecular complexity index is 1070. The van der Waals surface area contributed by atoms with Crippen LogP contribution in [0.3, 0.4) is 0 Å². The third-order valence-corrected chi connectivity index (χ3v) is 4.54. The Labute approximate surface area is 184 Å². The van der Waals surface area contributed by atoms with Gasteiger partial charge in [-0.3, -0.25) is 14.4 Å². The molecular formula is C22H25N3O7. The Balaban J connectivity index is 2.28. The molecule has 0 fully saturated rings. The van der Waals surface area contributed by atoms with Crippen molar-refractivity contribution in [2.24, 2.45) is 0 Å². The molecule has 1 aromatic carbocycles. The monoisotopic (exact) mass is 443 g/mol. The summed E-state index contributed by atoms with van der Waals surface area (Å²) in [5.74, 6) is -2.69. The number of nitrogens with one attached hydrogen (secondary N) is 3. The van der Waals surface area contributed by atoms with Crippen LogP contribution in [0.5, 0.6) is 0 Å². The van der Waals surface area contributed by atoms with Crippen LogP contribution in [0.4, 0.5) is 11.4 Å². The molecule has 32 heavy (non-hydrogen) atoms. The van der Waals surface area contributed by atoms with E-state index in [2.05, 4.69) is 15.6 Å². The van der Waals surface area contributed by atoms with Crippen LogP contribution >= 0.6 is 0 Å². The average Bonchev–Trinajstić information content (AvgIpc) is 2.99. The lowest BCUT2D eigenvalue weighted by molar-refractivity contribution is -0.115. The van der Waals surface area contributed by atoms with Gasteiger partial charge in [-0.2, -0.15) is 0 Å². The zero-order valence-electron chi connectivity index (χ0n) is 18.7. The quantitative estimate of drug-likeness (QED) is 0.441. The highest BCUT2D eigenvalue weighted by Crippen LogP contribution is 2.23. The standard InChI is InChI=1S/C22H25N3O7/c1-10-18(22(30)31-6)11(2)23-19(10)20(28)12(3)32-21(29)15-7-16(24-13(4)26)9-17(8-15)25-14(5)27/h7-9,12,23H,1-6H3,(H,24,26)(H,25,27). The number of aromatic amines is 1. The Morgan fingerprint density at radius 2 is 1.44 bits per heavy atom. The van der Waals surface area contributed by atoms with Crippen LogP contribution in [-0.2, 0) is 19.1 Å². The summed E-state index contributed by atoms with van der Waals surface area (Å²) >= 11 is 0. The summed E-state index contributed by atoms with van der Waals surface area (Å²) in [5.41, 5.74) is 1.80. The van der Waals surface area contributed by atoms with Crippen LogP contribution in [0.15, 0.2) is 18.2 Å². The van der Waals surface area contributed by atoms with Crippen molar-refractivity contribution in [2.75, 3.05) is 17.7 Å². The topological polar surface area (TPSA) is 144 Å². The van der Waals surface area contributed by atoms with E-state index >= 15 is 0 Å². The summed E-state index contributed by atoms with van der Waals surface area (Å²) in [6.45, 7) is 7.22. The molecule has 0 aliphatic carbocycles. The van der Waals surface area contributed by atoms with E-state index in [1.54, 1.807) is 13.8 Å². The van der Waals surface area contributed by atoms with Gasteiger partial charge in [-0.25, -0.2) is 9.59 Å². The van der Waals surface area contributed by atoms with Crippen molar-refractivity contribution in [1.82, 2.24) is 4.98 Å². The van der Waals surface area contributed by atoms with E-state index in [0.29, 0.717) is 11.3 Å². The normalized spacial score (nSPS) is 11.3. The Morgan fingerprint density at radius 1 is 0.906 bits per heavy atom. The van der Waals surface area contributed by atoms with Crippen molar-refractivity contribution in [2.45, 2.75) is 40.7 Å². The van der Waals surface area contributed by atoms with Crippen LogP contribution in [0.1, 0.15) is 63.2 Å². The first-order valence-corrected chi connectivity index (χ1v) is 9.67. The number of Topliss-reactive ketones (excluding diaryl/α,β-unsaturated/α-hetero) is 1.